The third kappa shape index (κ3) is 3.54. The molecule has 1 aromatic rings. The number of benzene rings is 1. The second-order valence-corrected chi connectivity index (χ2v) is 6.68. The van der Waals surface area contributed by atoms with Crippen molar-refractivity contribution < 1.29 is 0 Å². The van der Waals surface area contributed by atoms with Crippen LogP contribution in [-0.4, -0.2) is 19.1 Å². The molecule has 1 aliphatic heterocycles. The van der Waals surface area contributed by atoms with E-state index in [1.165, 1.54) is 36.3 Å². The number of anilines is 1. The lowest BCUT2D eigenvalue weighted by Gasteiger charge is -2.37. The minimum atomic E-state index is 0.288. The predicted octanol–water partition coefficient (Wildman–Crippen LogP) is 3.76. The van der Waals surface area contributed by atoms with Gasteiger partial charge in [0.2, 0.25) is 0 Å². The van der Waals surface area contributed by atoms with Crippen LogP contribution in [0, 0.1) is 18.8 Å². The van der Waals surface area contributed by atoms with Crippen molar-refractivity contribution in [1.29, 1.82) is 0 Å². The summed E-state index contributed by atoms with van der Waals surface area (Å²) in [5, 5.41) is 0. The van der Waals surface area contributed by atoms with Gasteiger partial charge in [0.15, 0.2) is 0 Å². The molecular formula is C18H30N2. The lowest BCUT2D eigenvalue weighted by molar-refractivity contribution is 0.324. The molecular weight excluding hydrogens is 244 g/mol. The maximum Gasteiger partial charge on any atom is 0.0396 e. The zero-order valence-electron chi connectivity index (χ0n) is 13.5. The van der Waals surface area contributed by atoms with Crippen LogP contribution in [0.4, 0.5) is 5.69 Å². The van der Waals surface area contributed by atoms with Crippen LogP contribution >= 0.6 is 0 Å². The van der Waals surface area contributed by atoms with E-state index in [1.54, 1.807) is 0 Å². The van der Waals surface area contributed by atoms with Crippen LogP contribution in [0.25, 0.3) is 0 Å². The van der Waals surface area contributed by atoms with Crippen molar-refractivity contribution in [3.63, 3.8) is 0 Å². The lowest BCUT2D eigenvalue weighted by Crippen LogP contribution is -2.38. The molecule has 0 bridgehead atoms. The number of nitrogens with zero attached hydrogens (tertiary/aromatic N) is 1. The van der Waals surface area contributed by atoms with Crippen LogP contribution in [0.15, 0.2) is 18.2 Å². The molecule has 3 atom stereocenters. The molecule has 2 nitrogen and oxygen atoms in total. The van der Waals surface area contributed by atoms with Gasteiger partial charge in [0.05, 0.1) is 0 Å². The summed E-state index contributed by atoms with van der Waals surface area (Å²) in [6, 6.07) is 7.18. The molecule has 0 aliphatic carbocycles. The average Bonchev–Trinajstić information content (AvgIpc) is 2.42. The second-order valence-electron chi connectivity index (χ2n) is 6.68. The van der Waals surface area contributed by atoms with E-state index < -0.39 is 0 Å². The maximum absolute atomic E-state index is 6.06. The van der Waals surface area contributed by atoms with E-state index in [4.69, 9.17) is 5.73 Å². The largest absolute Gasteiger partial charge is 0.371 e. The molecule has 0 spiro atoms. The first-order chi connectivity index (χ1) is 9.51. The van der Waals surface area contributed by atoms with Crippen LogP contribution in [0.1, 0.15) is 44.7 Å². The van der Waals surface area contributed by atoms with E-state index in [1.807, 2.05) is 0 Å². The zero-order chi connectivity index (χ0) is 14.7. The fourth-order valence-electron chi connectivity index (χ4n) is 3.13. The maximum atomic E-state index is 6.06. The molecule has 0 amide bonds. The molecule has 2 rings (SSSR count). The van der Waals surface area contributed by atoms with E-state index in [0.29, 0.717) is 0 Å². The Bertz CT molecular complexity index is 441. The highest BCUT2D eigenvalue weighted by Gasteiger charge is 2.23. The molecule has 1 aliphatic rings. The Morgan fingerprint density at radius 1 is 1.30 bits per heavy atom. The quantitative estimate of drug-likeness (QED) is 0.906. The zero-order valence-corrected chi connectivity index (χ0v) is 13.5. The summed E-state index contributed by atoms with van der Waals surface area (Å²) in [5.41, 5.74) is 10.2. The fourth-order valence-corrected chi connectivity index (χ4v) is 3.13. The Kier molecular flexibility index (Phi) is 5.09. The summed E-state index contributed by atoms with van der Waals surface area (Å²) < 4.78 is 0. The highest BCUT2D eigenvalue weighted by Crippen LogP contribution is 2.29. The highest BCUT2D eigenvalue weighted by atomic mass is 15.1. The van der Waals surface area contributed by atoms with Crippen LogP contribution in [0.3, 0.4) is 0 Å². The van der Waals surface area contributed by atoms with Crippen LogP contribution in [0.2, 0.25) is 0 Å². The lowest BCUT2D eigenvalue weighted by atomic mass is 9.88. The van der Waals surface area contributed by atoms with E-state index in [2.05, 4.69) is 50.8 Å². The Labute approximate surface area is 124 Å². The highest BCUT2D eigenvalue weighted by molar-refractivity contribution is 5.55. The Balaban J connectivity index is 2.09. The second kappa shape index (κ2) is 6.62. The van der Waals surface area contributed by atoms with Gasteiger partial charge >= 0.3 is 0 Å². The van der Waals surface area contributed by atoms with Gasteiger partial charge in [0.25, 0.3) is 0 Å². The van der Waals surface area contributed by atoms with E-state index in [0.717, 1.165) is 24.7 Å². The van der Waals surface area contributed by atoms with Crippen molar-refractivity contribution in [3.8, 4) is 0 Å². The number of aryl methyl sites for hydroxylation is 1. The topological polar surface area (TPSA) is 29.3 Å². The smallest absolute Gasteiger partial charge is 0.0396 e. The van der Waals surface area contributed by atoms with E-state index in [9.17, 15) is 0 Å². The predicted molar refractivity (Wildman–Crippen MR) is 88.3 cm³/mol. The number of nitrogens with two attached hydrogens (primary N) is 1. The normalized spacial score (nSPS) is 24.8. The first kappa shape index (κ1) is 15.4. The summed E-state index contributed by atoms with van der Waals surface area (Å²) in [4.78, 5) is 2.56. The van der Waals surface area contributed by atoms with Crippen LogP contribution in [0.5, 0.6) is 0 Å². The first-order valence-corrected chi connectivity index (χ1v) is 8.11. The van der Waals surface area contributed by atoms with Gasteiger partial charge in [0, 0.05) is 24.8 Å². The fraction of sp³-hybridized carbons (Fsp3) is 0.667. The monoisotopic (exact) mass is 274 g/mol. The summed E-state index contributed by atoms with van der Waals surface area (Å²) in [6.45, 7) is 11.5. The van der Waals surface area contributed by atoms with Crippen molar-refractivity contribution in [3.05, 3.63) is 29.3 Å². The van der Waals surface area contributed by atoms with Gasteiger partial charge < -0.3 is 10.6 Å². The molecule has 0 aromatic heterocycles. The minimum absolute atomic E-state index is 0.288. The van der Waals surface area contributed by atoms with Gasteiger partial charge in [0.1, 0.15) is 0 Å². The summed E-state index contributed by atoms with van der Waals surface area (Å²) in [5.74, 6) is 1.64. The SMILES string of the molecule is CCC(N)Cc1ccc(N2CCC(C)C(C)C2)c(C)c1. The Morgan fingerprint density at radius 2 is 2.05 bits per heavy atom. The number of piperidine rings is 1. The van der Waals surface area contributed by atoms with Gasteiger partial charge in [-0.2, -0.15) is 0 Å². The Hall–Kier alpha value is -1.02. The summed E-state index contributed by atoms with van der Waals surface area (Å²) in [6.07, 6.45) is 3.34. The molecule has 3 unspecified atom stereocenters. The molecule has 1 saturated heterocycles. The summed E-state index contributed by atoms with van der Waals surface area (Å²) >= 11 is 0. The van der Waals surface area contributed by atoms with E-state index in [-0.39, 0.29) is 6.04 Å². The molecule has 2 N–H and O–H groups in total. The third-order valence-electron chi connectivity index (χ3n) is 4.96. The number of rotatable bonds is 4. The molecule has 0 saturated carbocycles. The van der Waals surface area contributed by atoms with Crippen molar-refractivity contribution in [2.75, 3.05) is 18.0 Å². The van der Waals surface area contributed by atoms with Crippen molar-refractivity contribution >= 4 is 5.69 Å². The molecule has 1 aromatic carbocycles. The van der Waals surface area contributed by atoms with Gasteiger partial charge in [-0.25, -0.2) is 0 Å². The standard InChI is InChI=1S/C18H30N2/c1-5-17(19)11-16-6-7-18(14(3)10-16)20-9-8-13(2)15(4)12-20/h6-7,10,13,15,17H,5,8-9,11-12,19H2,1-4H3. The molecule has 20 heavy (non-hydrogen) atoms. The van der Waals surface area contributed by atoms with Gasteiger partial charge in [-0.1, -0.05) is 32.9 Å². The minimum Gasteiger partial charge on any atom is -0.371 e. The van der Waals surface area contributed by atoms with E-state index >= 15 is 0 Å². The number of hydrogen-bond acceptors (Lipinski definition) is 2. The summed E-state index contributed by atoms with van der Waals surface area (Å²) in [7, 11) is 0. The van der Waals surface area contributed by atoms with Crippen molar-refractivity contribution in [2.45, 2.75) is 53.0 Å². The molecule has 0 radical (unpaired) electrons. The average molecular weight is 274 g/mol. The van der Waals surface area contributed by atoms with Crippen LogP contribution in [-0.2, 0) is 6.42 Å². The van der Waals surface area contributed by atoms with Crippen molar-refractivity contribution in [1.82, 2.24) is 0 Å². The number of hydrogen-bond donors (Lipinski definition) is 1. The molecule has 112 valence electrons. The first-order valence-electron chi connectivity index (χ1n) is 8.11. The Morgan fingerprint density at radius 3 is 2.65 bits per heavy atom. The molecule has 1 heterocycles. The van der Waals surface area contributed by atoms with Crippen molar-refractivity contribution in [2.24, 2.45) is 17.6 Å². The third-order valence-corrected chi connectivity index (χ3v) is 4.96. The molecule has 2 heteroatoms. The van der Waals surface area contributed by atoms with Crippen LogP contribution < -0.4 is 10.6 Å². The van der Waals surface area contributed by atoms with Gasteiger partial charge in [-0.05, 0) is 55.2 Å². The van der Waals surface area contributed by atoms with Gasteiger partial charge in [-0.15, -0.1) is 0 Å². The molecule has 1 fully saturated rings. The van der Waals surface area contributed by atoms with Gasteiger partial charge in [-0.3, -0.25) is 0 Å².